The van der Waals surface area contributed by atoms with E-state index in [9.17, 15) is 4.79 Å². The Morgan fingerprint density at radius 3 is 2.86 bits per heavy atom. The SMILES string of the molecule is COc1cccc(Nc2cc(C)nc([C@H]3CCCN(C(=O)CN(C)C)C3)c2)c1. The van der Waals surface area contributed by atoms with Crippen molar-refractivity contribution in [3.05, 3.63) is 47.8 Å². The van der Waals surface area contributed by atoms with E-state index in [-0.39, 0.29) is 11.8 Å². The van der Waals surface area contributed by atoms with Crippen molar-refractivity contribution in [2.24, 2.45) is 0 Å². The second-order valence-electron chi connectivity index (χ2n) is 7.70. The van der Waals surface area contributed by atoms with Gasteiger partial charge in [-0.2, -0.15) is 0 Å². The number of amides is 1. The number of carbonyl (C=O) groups excluding carboxylic acids is 1. The molecule has 3 rings (SSSR count). The molecule has 6 heteroatoms. The van der Waals surface area contributed by atoms with Crippen LogP contribution in [0.25, 0.3) is 0 Å². The molecule has 0 aliphatic carbocycles. The number of rotatable bonds is 6. The molecule has 0 unspecified atom stereocenters. The van der Waals surface area contributed by atoms with Crippen molar-refractivity contribution in [3.8, 4) is 5.75 Å². The van der Waals surface area contributed by atoms with Crippen LogP contribution in [0.1, 0.15) is 30.1 Å². The van der Waals surface area contributed by atoms with Crippen LogP contribution in [0.5, 0.6) is 5.75 Å². The van der Waals surface area contributed by atoms with E-state index in [0.717, 1.165) is 54.4 Å². The quantitative estimate of drug-likeness (QED) is 0.830. The fourth-order valence-electron chi connectivity index (χ4n) is 3.66. The third kappa shape index (κ3) is 5.23. The summed E-state index contributed by atoms with van der Waals surface area (Å²) < 4.78 is 5.30. The summed E-state index contributed by atoms with van der Waals surface area (Å²) in [6, 6.07) is 12.0. The first kappa shape index (κ1) is 20.1. The van der Waals surface area contributed by atoms with E-state index in [2.05, 4.69) is 11.4 Å². The minimum atomic E-state index is 0.192. The van der Waals surface area contributed by atoms with Crippen molar-refractivity contribution in [3.63, 3.8) is 0 Å². The number of methoxy groups -OCH3 is 1. The molecule has 28 heavy (non-hydrogen) atoms. The molecule has 1 aliphatic rings. The Kier molecular flexibility index (Phi) is 6.52. The molecule has 1 atom stereocenters. The number of pyridine rings is 1. The van der Waals surface area contributed by atoms with Crippen LogP contribution in [0.4, 0.5) is 11.4 Å². The van der Waals surface area contributed by atoms with Gasteiger partial charge in [0.1, 0.15) is 5.75 Å². The number of likely N-dealkylation sites (N-methyl/N-ethyl adjacent to an activating group) is 1. The standard InChI is InChI=1S/C22H30N4O2/c1-16-11-19(24-18-8-5-9-20(12-18)28-4)13-21(23-16)17-7-6-10-26(14-17)22(27)15-25(2)3/h5,8-9,11-13,17H,6-7,10,14-15H2,1-4H3,(H,23,24)/t17-/m0/s1. The monoisotopic (exact) mass is 382 g/mol. The Bertz CT molecular complexity index is 822. The molecule has 1 aromatic carbocycles. The molecule has 0 spiro atoms. The van der Waals surface area contributed by atoms with Gasteiger partial charge in [0.25, 0.3) is 0 Å². The first-order chi connectivity index (χ1) is 13.4. The van der Waals surface area contributed by atoms with E-state index in [1.807, 2.05) is 61.2 Å². The molecule has 1 saturated heterocycles. The van der Waals surface area contributed by atoms with E-state index in [1.54, 1.807) is 7.11 Å². The van der Waals surface area contributed by atoms with Gasteiger partial charge in [-0.25, -0.2) is 0 Å². The molecule has 1 aromatic heterocycles. The zero-order chi connectivity index (χ0) is 20.1. The Morgan fingerprint density at radius 2 is 2.11 bits per heavy atom. The molecule has 1 N–H and O–H groups in total. The van der Waals surface area contributed by atoms with Gasteiger partial charge in [0.2, 0.25) is 5.91 Å². The molecule has 6 nitrogen and oxygen atoms in total. The summed E-state index contributed by atoms with van der Waals surface area (Å²) in [5.41, 5.74) is 4.00. The summed E-state index contributed by atoms with van der Waals surface area (Å²) in [4.78, 5) is 21.1. The van der Waals surface area contributed by atoms with Crippen LogP contribution in [0, 0.1) is 6.92 Å². The maximum atomic E-state index is 12.5. The zero-order valence-electron chi connectivity index (χ0n) is 17.2. The van der Waals surface area contributed by atoms with Crippen LogP contribution >= 0.6 is 0 Å². The molecule has 0 saturated carbocycles. The topological polar surface area (TPSA) is 57.7 Å². The van der Waals surface area contributed by atoms with Crippen molar-refractivity contribution >= 4 is 17.3 Å². The van der Waals surface area contributed by atoms with Gasteiger partial charge in [-0.15, -0.1) is 0 Å². The number of aryl methyl sites for hydroxylation is 1. The van der Waals surface area contributed by atoms with Gasteiger partial charge in [0, 0.05) is 47.8 Å². The molecule has 2 heterocycles. The van der Waals surface area contributed by atoms with E-state index in [0.29, 0.717) is 6.54 Å². The van der Waals surface area contributed by atoms with E-state index < -0.39 is 0 Å². The molecule has 1 fully saturated rings. The number of carbonyl (C=O) groups is 1. The first-order valence-corrected chi connectivity index (χ1v) is 9.77. The summed E-state index contributed by atoms with van der Waals surface area (Å²) in [5.74, 6) is 1.28. The lowest BCUT2D eigenvalue weighted by atomic mass is 9.93. The molecule has 0 bridgehead atoms. The van der Waals surface area contributed by atoms with Gasteiger partial charge in [-0.1, -0.05) is 6.07 Å². The van der Waals surface area contributed by atoms with E-state index in [1.165, 1.54) is 0 Å². The van der Waals surface area contributed by atoms with Gasteiger partial charge in [-0.3, -0.25) is 9.78 Å². The maximum absolute atomic E-state index is 12.5. The van der Waals surface area contributed by atoms with Crippen molar-refractivity contribution in [1.29, 1.82) is 0 Å². The Hall–Kier alpha value is -2.60. The number of ether oxygens (including phenoxy) is 1. The smallest absolute Gasteiger partial charge is 0.236 e. The predicted octanol–water partition coefficient (Wildman–Crippen LogP) is 3.41. The zero-order valence-corrected chi connectivity index (χ0v) is 17.2. The average molecular weight is 383 g/mol. The molecular formula is C22H30N4O2. The second-order valence-corrected chi connectivity index (χ2v) is 7.70. The minimum absolute atomic E-state index is 0.192. The second kappa shape index (κ2) is 9.06. The normalized spacial score (nSPS) is 16.9. The van der Waals surface area contributed by atoms with Gasteiger partial charge >= 0.3 is 0 Å². The third-order valence-corrected chi connectivity index (χ3v) is 4.98. The highest BCUT2D eigenvalue weighted by molar-refractivity contribution is 5.78. The molecule has 1 aliphatic heterocycles. The molecule has 2 aromatic rings. The number of anilines is 2. The fourth-order valence-corrected chi connectivity index (χ4v) is 3.66. The Labute approximate surface area is 167 Å². The number of piperidine rings is 1. The number of benzene rings is 1. The van der Waals surface area contributed by atoms with Crippen LogP contribution in [0.3, 0.4) is 0 Å². The number of aromatic nitrogens is 1. The maximum Gasteiger partial charge on any atom is 0.236 e. The van der Waals surface area contributed by atoms with Crippen molar-refractivity contribution < 1.29 is 9.53 Å². The van der Waals surface area contributed by atoms with Crippen molar-refractivity contribution in [1.82, 2.24) is 14.8 Å². The number of nitrogens with zero attached hydrogens (tertiary/aromatic N) is 3. The fraction of sp³-hybridized carbons (Fsp3) is 0.455. The number of hydrogen-bond donors (Lipinski definition) is 1. The van der Waals surface area contributed by atoms with Crippen LogP contribution in [0.2, 0.25) is 0 Å². The van der Waals surface area contributed by atoms with Gasteiger partial charge in [0.15, 0.2) is 0 Å². The van der Waals surface area contributed by atoms with Crippen molar-refractivity contribution in [2.45, 2.75) is 25.7 Å². The predicted molar refractivity (Wildman–Crippen MR) is 112 cm³/mol. The molecule has 0 radical (unpaired) electrons. The molecule has 150 valence electrons. The number of nitrogens with one attached hydrogen (secondary N) is 1. The summed E-state index contributed by atoms with van der Waals surface area (Å²) in [6.07, 6.45) is 2.07. The van der Waals surface area contributed by atoms with E-state index >= 15 is 0 Å². The number of hydrogen-bond acceptors (Lipinski definition) is 5. The summed E-state index contributed by atoms with van der Waals surface area (Å²) in [5, 5.41) is 3.45. The lowest BCUT2D eigenvalue weighted by molar-refractivity contribution is -0.133. The highest BCUT2D eigenvalue weighted by Crippen LogP contribution is 2.29. The average Bonchev–Trinajstić information content (AvgIpc) is 2.67. The third-order valence-electron chi connectivity index (χ3n) is 4.98. The summed E-state index contributed by atoms with van der Waals surface area (Å²) in [7, 11) is 5.52. The van der Waals surface area contributed by atoms with Crippen LogP contribution in [-0.4, -0.2) is 61.5 Å². The minimum Gasteiger partial charge on any atom is -0.497 e. The molecule has 1 amide bonds. The number of likely N-dealkylation sites (tertiary alicyclic amines) is 1. The lowest BCUT2D eigenvalue weighted by Gasteiger charge is -2.33. The van der Waals surface area contributed by atoms with Gasteiger partial charge in [-0.05, 0) is 58.1 Å². The largest absolute Gasteiger partial charge is 0.497 e. The molecular weight excluding hydrogens is 352 g/mol. The van der Waals surface area contributed by atoms with Crippen LogP contribution < -0.4 is 10.1 Å². The summed E-state index contributed by atoms with van der Waals surface area (Å²) in [6.45, 7) is 4.04. The van der Waals surface area contributed by atoms with Gasteiger partial charge in [0.05, 0.1) is 13.7 Å². The van der Waals surface area contributed by atoms with Gasteiger partial charge < -0.3 is 19.9 Å². The summed E-state index contributed by atoms with van der Waals surface area (Å²) >= 11 is 0. The Balaban J connectivity index is 1.76. The van der Waals surface area contributed by atoms with Crippen molar-refractivity contribution in [2.75, 3.05) is 46.2 Å². The van der Waals surface area contributed by atoms with Crippen LogP contribution in [-0.2, 0) is 4.79 Å². The van der Waals surface area contributed by atoms with Crippen LogP contribution in [0.15, 0.2) is 36.4 Å². The highest BCUT2D eigenvalue weighted by Gasteiger charge is 2.26. The van der Waals surface area contributed by atoms with E-state index in [4.69, 9.17) is 9.72 Å². The first-order valence-electron chi connectivity index (χ1n) is 9.77. The Morgan fingerprint density at radius 1 is 1.29 bits per heavy atom. The highest BCUT2D eigenvalue weighted by atomic mass is 16.5. The lowest BCUT2D eigenvalue weighted by Crippen LogP contribution is -2.43.